The van der Waals surface area contributed by atoms with Crippen LogP contribution >= 0.6 is 11.6 Å². The molecule has 1 fully saturated rings. The van der Waals surface area contributed by atoms with E-state index in [0.29, 0.717) is 11.4 Å². The second-order valence-corrected chi connectivity index (χ2v) is 7.99. The number of carbonyl (C=O) groups excluding carboxylic acids is 1. The van der Waals surface area contributed by atoms with Gasteiger partial charge in [0.2, 0.25) is 0 Å². The van der Waals surface area contributed by atoms with Crippen molar-refractivity contribution in [3.63, 3.8) is 0 Å². The summed E-state index contributed by atoms with van der Waals surface area (Å²) < 4.78 is 28.0. The lowest BCUT2D eigenvalue weighted by Crippen LogP contribution is -2.23. The molecule has 5 nitrogen and oxygen atoms in total. The number of amides is 1. The first kappa shape index (κ1) is 19.3. The Morgan fingerprint density at radius 1 is 1.52 bits per heavy atom. The van der Waals surface area contributed by atoms with Crippen LogP contribution in [0.4, 0.5) is 10.2 Å². The van der Waals surface area contributed by atoms with Crippen LogP contribution in [0.15, 0.2) is 53.6 Å². The van der Waals surface area contributed by atoms with E-state index in [0.717, 1.165) is 12.8 Å². The Labute approximate surface area is 153 Å². The maximum Gasteiger partial charge on any atom is 0.255 e. The van der Waals surface area contributed by atoms with Crippen molar-refractivity contribution in [2.45, 2.75) is 31.4 Å². The van der Waals surface area contributed by atoms with E-state index in [-0.39, 0.29) is 15.5 Å². The molecule has 0 radical (unpaired) electrons. The Balaban J connectivity index is 2.03. The first-order valence-corrected chi connectivity index (χ1v) is 9.12. The second-order valence-electron chi connectivity index (χ2n) is 5.86. The average Bonchev–Trinajstić information content (AvgIpc) is 3.33. The number of nitrogens with one attached hydrogen (secondary N) is 2. The fraction of sp³-hybridized carbons (Fsp3) is 0.294. The van der Waals surface area contributed by atoms with Gasteiger partial charge in [0, 0.05) is 17.5 Å². The summed E-state index contributed by atoms with van der Waals surface area (Å²) in [7, 11) is -1.26. The Hall–Kier alpha value is -1.99. The van der Waals surface area contributed by atoms with E-state index in [1.54, 1.807) is 0 Å². The molecule has 1 heterocycles. The van der Waals surface area contributed by atoms with E-state index in [1.807, 2.05) is 6.92 Å². The van der Waals surface area contributed by atoms with E-state index < -0.39 is 22.7 Å². The van der Waals surface area contributed by atoms with Gasteiger partial charge in [-0.25, -0.2) is 13.6 Å². The molecule has 1 aromatic rings. The molecule has 0 bridgehead atoms. The number of aromatic nitrogens is 1. The zero-order valence-corrected chi connectivity index (χ0v) is 15.5. The summed E-state index contributed by atoms with van der Waals surface area (Å²) in [6, 6.07) is 3.00. The molecule has 1 aliphatic carbocycles. The van der Waals surface area contributed by atoms with Crippen molar-refractivity contribution in [3.05, 3.63) is 59.2 Å². The normalized spacial score (nSPS) is 17.6. The molecule has 134 valence electrons. The number of allylic oxidation sites excluding steroid dienone is 4. The highest BCUT2D eigenvalue weighted by atomic mass is 35.5. The Bertz CT molecular complexity index is 788. The van der Waals surface area contributed by atoms with Crippen LogP contribution in [0.25, 0.3) is 0 Å². The van der Waals surface area contributed by atoms with E-state index in [1.165, 1.54) is 37.4 Å². The van der Waals surface area contributed by atoms with Gasteiger partial charge in [-0.15, -0.1) is 0 Å². The van der Waals surface area contributed by atoms with Gasteiger partial charge in [0.05, 0.1) is 9.78 Å². The van der Waals surface area contributed by atoms with Gasteiger partial charge < -0.3 is 5.32 Å². The third-order valence-corrected chi connectivity index (χ3v) is 5.67. The lowest BCUT2D eigenvalue weighted by atomic mass is 10.2. The number of carbonyl (C=O) groups is 1. The molecule has 1 aliphatic rings. The van der Waals surface area contributed by atoms with Gasteiger partial charge in [0.25, 0.3) is 5.91 Å². The van der Waals surface area contributed by atoms with E-state index in [4.69, 9.17) is 11.6 Å². The maximum absolute atomic E-state index is 13.3. The quantitative estimate of drug-likeness (QED) is 0.700. The van der Waals surface area contributed by atoms with E-state index >= 15 is 0 Å². The number of hydrogen-bond acceptors (Lipinski definition) is 3. The Kier molecular flexibility index (Phi) is 6.13. The van der Waals surface area contributed by atoms with Crippen LogP contribution in [-0.4, -0.2) is 19.8 Å². The lowest BCUT2D eigenvalue weighted by Gasteiger charge is -2.11. The molecule has 25 heavy (non-hydrogen) atoms. The largest absolute Gasteiger partial charge is 0.322 e. The van der Waals surface area contributed by atoms with Crippen molar-refractivity contribution < 1.29 is 13.4 Å². The Morgan fingerprint density at radius 3 is 2.80 bits per heavy atom. The van der Waals surface area contributed by atoms with Crippen LogP contribution in [0.2, 0.25) is 0 Å². The van der Waals surface area contributed by atoms with E-state index in [2.05, 4.69) is 21.6 Å². The molecule has 1 aromatic heterocycles. The molecule has 1 atom stereocenters. The molecule has 2 rings (SSSR count). The van der Waals surface area contributed by atoms with Crippen molar-refractivity contribution in [2.75, 3.05) is 4.72 Å². The van der Waals surface area contributed by atoms with Gasteiger partial charge in [-0.05, 0) is 44.9 Å². The van der Waals surface area contributed by atoms with Crippen molar-refractivity contribution in [3.8, 4) is 0 Å². The van der Waals surface area contributed by atoms with Gasteiger partial charge in [0.1, 0.15) is 22.6 Å². The highest BCUT2D eigenvalue weighted by Gasteiger charge is 2.44. The molecule has 0 aliphatic heterocycles. The van der Waals surface area contributed by atoms with Gasteiger partial charge in [-0.1, -0.05) is 24.3 Å². The van der Waals surface area contributed by atoms with E-state index in [9.17, 15) is 13.4 Å². The van der Waals surface area contributed by atoms with Crippen molar-refractivity contribution >= 4 is 34.3 Å². The number of hydrogen-bond donors (Lipinski definition) is 2. The number of nitrogens with zero attached hydrogens (tertiary/aromatic N) is 1. The number of halogens is 2. The second kappa shape index (κ2) is 7.93. The summed E-state index contributed by atoms with van der Waals surface area (Å²) in [6.45, 7) is 7.05. The maximum atomic E-state index is 13.3. The summed E-state index contributed by atoms with van der Waals surface area (Å²) >= 11 is 5.74. The van der Waals surface area contributed by atoms with Crippen LogP contribution < -0.4 is 10.0 Å². The fourth-order valence-electron chi connectivity index (χ4n) is 1.82. The SMILES string of the molecule is C=C(/C=C(Cl)\C(F)=C/C)NC(=O)c1ccnc(NS(=O)C2(C)CC2)c1. The molecule has 1 amide bonds. The minimum absolute atomic E-state index is 0.146. The first-order chi connectivity index (χ1) is 11.7. The lowest BCUT2D eigenvalue weighted by molar-refractivity contribution is 0.0967. The predicted molar refractivity (Wildman–Crippen MR) is 99.0 cm³/mol. The van der Waals surface area contributed by atoms with Crippen LogP contribution in [0.5, 0.6) is 0 Å². The number of pyridine rings is 1. The molecule has 1 saturated carbocycles. The summed E-state index contributed by atoms with van der Waals surface area (Å²) in [6.07, 6.45) is 5.65. The van der Waals surface area contributed by atoms with Gasteiger partial charge in [-0.3, -0.25) is 9.52 Å². The molecular formula is C17H19ClFN3O2S. The van der Waals surface area contributed by atoms with Crippen molar-refractivity contribution in [2.24, 2.45) is 0 Å². The predicted octanol–water partition coefficient (Wildman–Crippen LogP) is 3.95. The van der Waals surface area contributed by atoms with Gasteiger partial charge >= 0.3 is 0 Å². The highest BCUT2D eigenvalue weighted by Crippen LogP contribution is 2.41. The molecule has 8 heteroatoms. The van der Waals surface area contributed by atoms with Crippen LogP contribution in [0.1, 0.15) is 37.0 Å². The summed E-state index contributed by atoms with van der Waals surface area (Å²) in [5.41, 5.74) is 0.444. The third-order valence-electron chi connectivity index (χ3n) is 3.68. The average molecular weight is 384 g/mol. The molecule has 0 aromatic carbocycles. The summed E-state index contributed by atoms with van der Waals surface area (Å²) in [5.74, 6) is -0.720. The first-order valence-electron chi connectivity index (χ1n) is 7.59. The minimum Gasteiger partial charge on any atom is -0.322 e. The molecule has 2 N–H and O–H groups in total. The monoisotopic (exact) mass is 383 g/mol. The smallest absolute Gasteiger partial charge is 0.255 e. The third kappa shape index (κ3) is 5.24. The highest BCUT2D eigenvalue weighted by molar-refractivity contribution is 7.88. The standard InChI is InChI=1S/C17H19ClFN3O2S/c1-4-14(19)13(18)9-11(2)21-16(23)12-5-8-20-15(10-12)22-25(24)17(3)6-7-17/h4-5,8-10H,2,6-7H2,1,3H3,(H,20,22)(H,21,23)/b13-9+,14-4+. The van der Waals surface area contributed by atoms with Crippen molar-refractivity contribution in [1.82, 2.24) is 10.3 Å². The number of rotatable bonds is 7. The fourth-order valence-corrected chi connectivity index (χ4v) is 3.08. The van der Waals surface area contributed by atoms with Crippen molar-refractivity contribution in [1.29, 1.82) is 0 Å². The summed E-state index contributed by atoms with van der Waals surface area (Å²) in [4.78, 5) is 16.3. The molecule has 1 unspecified atom stereocenters. The van der Waals surface area contributed by atoms with Gasteiger partial charge in [-0.2, -0.15) is 0 Å². The zero-order chi connectivity index (χ0) is 18.6. The topological polar surface area (TPSA) is 71.1 Å². The minimum atomic E-state index is -1.26. The molecule has 0 saturated heterocycles. The van der Waals surface area contributed by atoms with Crippen LogP contribution in [0.3, 0.4) is 0 Å². The summed E-state index contributed by atoms with van der Waals surface area (Å²) in [5, 5.41) is 2.35. The molecule has 0 spiro atoms. The Morgan fingerprint density at radius 2 is 2.20 bits per heavy atom. The van der Waals surface area contributed by atoms with Crippen LogP contribution in [0, 0.1) is 0 Å². The zero-order valence-electron chi connectivity index (χ0n) is 13.9. The van der Waals surface area contributed by atoms with Crippen LogP contribution in [-0.2, 0) is 11.0 Å². The van der Waals surface area contributed by atoms with Gasteiger partial charge in [0.15, 0.2) is 0 Å². The molecular weight excluding hydrogens is 365 g/mol. The number of anilines is 1.